The number of aromatic nitrogens is 3. The summed E-state index contributed by atoms with van der Waals surface area (Å²) in [5.41, 5.74) is 11.5. The molecule has 0 amide bonds. The van der Waals surface area contributed by atoms with Gasteiger partial charge in [0.2, 0.25) is 0 Å². The topological polar surface area (TPSA) is 62.3 Å². The molecule has 13 aromatic rings. The van der Waals surface area contributed by atoms with E-state index in [0.29, 0.717) is 17.7 Å². The van der Waals surface area contributed by atoms with Crippen molar-refractivity contribution in [2.75, 3.05) is 0 Å². The van der Waals surface area contributed by atoms with Crippen molar-refractivity contribution in [3.8, 4) is 45.4 Å². The van der Waals surface area contributed by atoms with Crippen LogP contribution in [-0.2, 0) is 0 Å². The molecule has 0 N–H and O–H groups in total. The fraction of sp³-hybridized carbons (Fsp3) is 0.0968. The smallest absolute Gasteiger partial charge is 0.178 e. The number of hydrogen-bond donors (Lipinski definition) is 0. The van der Waals surface area contributed by atoms with Crippen LogP contribution in [0.1, 0.15) is 43.2 Å². The zero-order valence-electron chi connectivity index (χ0n) is 37.5. The molecule has 1 aliphatic carbocycles. The molecule has 330 valence electrons. The van der Waals surface area contributed by atoms with Gasteiger partial charge in [0.15, 0.2) is 11.3 Å². The second-order valence-electron chi connectivity index (χ2n) is 18.3. The van der Waals surface area contributed by atoms with Crippen LogP contribution in [0.25, 0.3) is 97.3 Å². The van der Waals surface area contributed by atoms with E-state index in [1.165, 1.54) is 42.8 Å². The Morgan fingerprint density at radius 3 is 2.10 bits per heavy atom. The van der Waals surface area contributed by atoms with Crippen LogP contribution >= 0.6 is 11.3 Å². The molecular formula is C62H43N3O3S. The zero-order chi connectivity index (χ0) is 45.4. The van der Waals surface area contributed by atoms with Gasteiger partial charge in [0, 0.05) is 54.1 Å². The van der Waals surface area contributed by atoms with E-state index in [2.05, 4.69) is 126 Å². The molecule has 14 rings (SSSR count). The molecule has 1 fully saturated rings. The predicted molar refractivity (Wildman–Crippen MR) is 283 cm³/mol. The lowest BCUT2D eigenvalue weighted by molar-refractivity contribution is 0.334. The van der Waals surface area contributed by atoms with Gasteiger partial charge in [0.1, 0.15) is 22.8 Å². The van der Waals surface area contributed by atoms with Gasteiger partial charge in [-0.2, -0.15) is 0 Å². The first-order valence-electron chi connectivity index (χ1n) is 23.8. The molecule has 6 nitrogen and oxygen atoms in total. The first-order valence-corrected chi connectivity index (χ1v) is 24.6. The molecule has 4 heterocycles. The fourth-order valence-corrected chi connectivity index (χ4v) is 12.3. The number of para-hydroxylation sites is 5. The van der Waals surface area contributed by atoms with Gasteiger partial charge in [0.05, 0.1) is 33.1 Å². The van der Waals surface area contributed by atoms with Crippen molar-refractivity contribution in [3.05, 3.63) is 206 Å². The van der Waals surface area contributed by atoms with Gasteiger partial charge >= 0.3 is 0 Å². The Morgan fingerprint density at radius 2 is 1.22 bits per heavy atom. The Hall–Kier alpha value is -8.26. The van der Waals surface area contributed by atoms with Crippen molar-refractivity contribution in [2.45, 2.75) is 37.6 Å². The third-order valence-corrected chi connectivity index (χ3v) is 15.5. The molecule has 0 aliphatic heterocycles. The van der Waals surface area contributed by atoms with E-state index >= 15 is 0 Å². The lowest BCUT2D eigenvalue weighted by atomic mass is 9.81. The van der Waals surface area contributed by atoms with E-state index in [0.717, 1.165) is 103 Å². The zero-order valence-corrected chi connectivity index (χ0v) is 38.3. The number of furan rings is 1. The van der Waals surface area contributed by atoms with E-state index in [1.54, 1.807) is 11.3 Å². The van der Waals surface area contributed by atoms with Gasteiger partial charge in [-0.05, 0) is 133 Å². The normalized spacial score (nSPS) is 15.3. The van der Waals surface area contributed by atoms with Gasteiger partial charge in [-0.3, -0.25) is 4.98 Å². The summed E-state index contributed by atoms with van der Waals surface area (Å²) in [6.07, 6.45) is 6.28. The maximum absolute atomic E-state index is 6.98. The Balaban J connectivity index is 0.780. The van der Waals surface area contributed by atoms with Gasteiger partial charge in [-0.25, -0.2) is 4.98 Å². The molecule has 0 radical (unpaired) electrons. The number of rotatable bonds is 8. The van der Waals surface area contributed by atoms with Gasteiger partial charge in [-0.1, -0.05) is 109 Å². The number of thiophene rings is 1. The first-order chi connectivity index (χ1) is 34.2. The monoisotopic (exact) mass is 909 g/mol. The van der Waals surface area contributed by atoms with Gasteiger partial charge in [-0.15, -0.1) is 11.3 Å². The largest absolute Gasteiger partial charge is 0.456 e. The number of hydrogen-bond acceptors (Lipinski definition) is 6. The first kappa shape index (κ1) is 39.9. The quantitative estimate of drug-likeness (QED) is 0.152. The van der Waals surface area contributed by atoms with Crippen LogP contribution in [0.15, 0.2) is 205 Å². The van der Waals surface area contributed by atoms with E-state index in [9.17, 15) is 0 Å². The molecule has 7 heteroatoms. The number of benzene rings is 9. The third kappa shape index (κ3) is 6.75. The van der Waals surface area contributed by atoms with Crippen LogP contribution in [0, 0.1) is 0 Å². The van der Waals surface area contributed by atoms with Crippen LogP contribution in [0.2, 0.25) is 0 Å². The van der Waals surface area contributed by atoms with Crippen molar-refractivity contribution >= 4 is 86.3 Å². The van der Waals surface area contributed by atoms with Crippen LogP contribution in [0.5, 0.6) is 23.0 Å². The molecule has 69 heavy (non-hydrogen) atoms. The Labute approximate surface area is 401 Å². The van der Waals surface area contributed by atoms with E-state index in [1.807, 2.05) is 79.0 Å². The molecule has 1 aliphatic rings. The highest BCUT2D eigenvalue weighted by Crippen LogP contribution is 2.50. The van der Waals surface area contributed by atoms with Crippen molar-refractivity contribution in [2.24, 2.45) is 0 Å². The Morgan fingerprint density at radius 1 is 0.522 bits per heavy atom. The third-order valence-electron chi connectivity index (χ3n) is 14.3. The van der Waals surface area contributed by atoms with Gasteiger partial charge in [0.25, 0.3) is 0 Å². The summed E-state index contributed by atoms with van der Waals surface area (Å²) in [5, 5.41) is 7.04. The van der Waals surface area contributed by atoms with Crippen LogP contribution in [0.4, 0.5) is 0 Å². The standard InChI is InChI=1S/C62H43N3O3S/c1-2-14-42(15-3-1)66-56-33-31-46(59-48-18-5-10-23-55(48)68-61(56)59)47-32-34-57(62-60(47)49-19-6-11-24-58(49)69-62)67-43-16-12-13-39(35-43)38-25-28-41(29-26-38)65-53-22-9-4-17-44(53)45-30-27-40(36-54(45)65)52-37-63-50-20-7-8-21-51(50)64-52/h1-24,27,30-38,41H,25-26,28-29H2. The Kier molecular flexibility index (Phi) is 9.37. The molecule has 1 saturated carbocycles. The summed E-state index contributed by atoms with van der Waals surface area (Å²) in [6, 6.07) is 68.4. The second-order valence-corrected chi connectivity index (χ2v) is 19.3. The molecule has 0 unspecified atom stereocenters. The maximum atomic E-state index is 6.98. The van der Waals surface area contributed by atoms with Crippen LogP contribution in [-0.4, -0.2) is 14.5 Å². The summed E-state index contributed by atoms with van der Waals surface area (Å²) in [4.78, 5) is 9.75. The van der Waals surface area contributed by atoms with E-state index in [4.69, 9.17) is 23.9 Å². The summed E-state index contributed by atoms with van der Waals surface area (Å²) < 4.78 is 25.0. The number of ether oxygens (including phenoxy) is 2. The van der Waals surface area contributed by atoms with E-state index in [-0.39, 0.29) is 0 Å². The molecule has 0 spiro atoms. The molecule has 4 aromatic heterocycles. The number of fused-ring (bicyclic) bond motifs is 10. The van der Waals surface area contributed by atoms with E-state index < -0.39 is 0 Å². The van der Waals surface area contributed by atoms with Crippen LogP contribution < -0.4 is 9.47 Å². The lowest BCUT2D eigenvalue weighted by Crippen LogP contribution is -2.17. The summed E-state index contributed by atoms with van der Waals surface area (Å²) in [6.45, 7) is 0. The molecule has 9 aromatic carbocycles. The van der Waals surface area contributed by atoms with Crippen molar-refractivity contribution in [3.63, 3.8) is 0 Å². The van der Waals surface area contributed by atoms with Gasteiger partial charge < -0.3 is 18.5 Å². The summed E-state index contributed by atoms with van der Waals surface area (Å²) in [5.74, 6) is 3.60. The average molecular weight is 910 g/mol. The number of nitrogens with zero attached hydrogens (tertiary/aromatic N) is 3. The maximum Gasteiger partial charge on any atom is 0.178 e. The average Bonchev–Trinajstić information content (AvgIpc) is 4.10. The summed E-state index contributed by atoms with van der Waals surface area (Å²) in [7, 11) is 0. The van der Waals surface area contributed by atoms with Crippen molar-refractivity contribution in [1.82, 2.24) is 14.5 Å². The predicted octanol–water partition coefficient (Wildman–Crippen LogP) is 17.8. The second kappa shape index (κ2) is 16.2. The SMILES string of the molecule is c1ccc(Oc2ccc(-c3ccc(Oc4cccc(C5CCC(n6c7ccccc7c7ccc(-c8cnc9ccccc9n8)cc76)CC5)c4)c4sc5ccccc5c34)c3c2oc2ccccc23)cc1. The van der Waals surface area contributed by atoms with Crippen molar-refractivity contribution < 1.29 is 13.9 Å². The molecule has 0 atom stereocenters. The Bertz CT molecular complexity index is 4120. The highest BCUT2D eigenvalue weighted by molar-refractivity contribution is 7.26. The minimum atomic E-state index is 0.384. The molecular weight excluding hydrogens is 867 g/mol. The van der Waals surface area contributed by atoms with Crippen LogP contribution in [0.3, 0.4) is 0 Å². The minimum Gasteiger partial charge on any atom is -0.456 e. The fourth-order valence-electron chi connectivity index (χ4n) is 11.1. The summed E-state index contributed by atoms with van der Waals surface area (Å²) >= 11 is 1.78. The highest BCUT2D eigenvalue weighted by Gasteiger charge is 2.27. The van der Waals surface area contributed by atoms with Crippen molar-refractivity contribution in [1.29, 1.82) is 0 Å². The highest BCUT2D eigenvalue weighted by atomic mass is 32.1. The molecule has 0 bridgehead atoms. The minimum absolute atomic E-state index is 0.384. The lowest BCUT2D eigenvalue weighted by Gasteiger charge is -2.31. The molecule has 0 saturated heterocycles.